The Kier molecular flexibility index (Phi) is 10.8. The fourth-order valence-electron chi connectivity index (χ4n) is 5.51. The Morgan fingerprint density at radius 1 is 0.898 bits per heavy atom. The number of nitrogens with zero attached hydrogens (tertiary/aromatic N) is 2. The van der Waals surface area contributed by atoms with Gasteiger partial charge in [0, 0.05) is 18.1 Å². The fourth-order valence-corrected chi connectivity index (χ4v) is 5.69. The van der Waals surface area contributed by atoms with Crippen molar-refractivity contribution in [3.05, 3.63) is 107 Å². The largest absolute Gasteiger partial charge is 0.493 e. The molecule has 2 N–H and O–H groups in total. The Balaban J connectivity index is 0.924. The summed E-state index contributed by atoms with van der Waals surface area (Å²) in [5.41, 5.74) is 3.05. The second-order valence-corrected chi connectivity index (χ2v) is 11.7. The lowest BCUT2D eigenvalue weighted by atomic mass is 9.99. The summed E-state index contributed by atoms with van der Waals surface area (Å²) in [6, 6.07) is 21.3. The molecule has 1 aliphatic heterocycles. The first-order valence-electron chi connectivity index (χ1n) is 15.9. The molecule has 1 aromatic heterocycles. The number of aryl methyl sites for hydroxylation is 1. The maximum atomic E-state index is 14.5. The van der Waals surface area contributed by atoms with Gasteiger partial charge in [0.15, 0.2) is 17.3 Å². The lowest BCUT2D eigenvalue weighted by molar-refractivity contribution is -0.119. The lowest BCUT2D eigenvalue weighted by Gasteiger charge is -2.18. The Bertz CT molecular complexity index is 1970. The van der Waals surface area contributed by atoms with E-state index in [1.165, 1.54) is 18.0 Å². The second kappa shape index (κ2) is 15.8. The average Bonchev–Trinajstić information content (AvgIpc) is 3.10. The zero-order valence-corrected chi connectivity index (χ0v) is 27.5. The van der Waals surface area contributed by atoms with Gasteiger partial charge in [-0.15, -0.1) is 0 Å². The minimum Gasteiger partial charge on any atom is -0.493 e. The molecule has 0 unspecified atom stereocenters. The first kappa shape index (κ1) is 33.6. The van der Waals surface area contributed by atoms with Gasteiger partial charge < -0.3 is 24.3 Å². The quantitative estimate of drug-likeness (QED) is 0.0849. The second-order valence-electron chi connectivity index (χ2n) is 11.3. The first-order valence-corrected chi connectivity index (χ1v) is 16.2. The number of rotatable bonds is 15. The highest BCUT2D eigenvalue weighted by atomic mass is 35.5. The summed E-state index contributed by atoms with van der Waals surface area (Å²) >= 11 is 5.94. The molecule has 2 heterocycles. The van der Waals surface area contributed by atoms with Crippen LogP contribution in [0.1, 0.15) is 40.7 Å². The van der Waals surface area contributed by atoms with Crippen LogP contribution in [0.15, 0.2) is 79.1 Å². The molecule has 2 amide bonds. The van der Waals surface area contributed by atoms with Crippen LogP contribution in [-0.2, 0) is 22.4 Å². The SMILES string of the molecule is COc1cc2ncnc(Nc3cccc(Cl)c3F)c2cc1OCCOCCCCCc1ccc(Oc2cccc3c2C(=O)NC(=O)C3)cc1. The van der Waals surface area contributed by atoms with Crippen molar-refractivity contribution in [2.45, 2.75) is 32.1 Å². The summed E-state index contributed by atoms with van der Waals surface area (Å²) < 4.78 is 37.8. The maximum Gasteiger partial charge on any atom is 0.261 e. The van der Waals surface area contributed by atoms with Crippen molar-refractivity contribution in [3.8, 4) is 23.0 Å². The molecular formula is C37H34ClFN4O6. The van der Waals surface area contributed by atoms with Crippen LogP contribution in [0, 0.1) is 5.82 Å². The van der Waals surface area contributed by atoms with E-state index in [0.717, 1.165) is 25.7 Å². The number of amides is 2. The average molecular weight is 685 g/mol. The van der Waals surface area contributed by atoms with Crippen LogP contribution in [0.5, 0.6) is 23.0 Å². The number of hydrogen-bond acceptors (Lipinski definition) is 9. The molecule has 6 rings (SSSR count). The fraction of sp³-hybridized carbons (Fsp3) is 0.243. The van der Waals surface area contributed by atoms with Gasteiger partial charge in [-0.2, -0.15) is 0 Å². The maximum absolute atomic E-state index is 14.5. The third-order valence-electron chi connectivity index (χ3n) is 7.96. The molecule has 0 radical (unpaired) electrons. The van der Waals surface area contributed by atoms with Gasteiger partial charge in [-0.05, 0) is 66.8 Å². The molecule has 5 aromatic rings. The first-order chi connectivity index (χ1) is 23.9. The highest BCUT2D eigenvalue weighted by molar-refractivity contribution is 6.31. The van der Waals surface area contributed by atoms with Crippen LogP contribution in [0.4, 0.5) is 15.9 Å². The van der Waals surface area contributed by atoms with E-state index in [-0.39, 0.29) is 23.0 Å². The number of aromatic nitrogens is 2. The van der Waals surface area contributed by atoms with Gasteiger partial charge in [0.05, 0.1) is 41.9 Å². The topological polar surface area (TPSA) is 121 Å². The van der Waals surface area contributed by atoms with Crippen molar-refractivity contribution >= 4 is 45.8 Å². The van der Waals surface area contributed by atoms with Crippen molar-refractivity contribution in [2.24, 2.45) is 0 Å². The lowest BCUT2D eigenvalue weighted by Crippen LogP contribution is -2.37. The molecule has 0 fully saturated rings. The molecule has 12 heteroatoms. The van der Waals surface area contributed by atoms with Crippen molar-refractivity contribution in [1.82, 2.24) is 15.3 Å². The number of benzene rings is 4. The predicted molar refractivity (Wildman–Crippen MR) is 184 cm³/mol. The van der Waals surface area contributed by atoms with E-state index in [9.17, 15) is 14.0 Å². The number of imide groups is 1. The zero-order valence-electron chi connectivity index (χ0n) is 26.8. The molecule has 0 spiro atoms. The van der Waals surface area contributed by atoms with Crippen LogP contribution >= 0.6 is 11.6 Å². The standard InChI is InChI=1S/C37H34ClFN4O6/c1-46-31-21-29-26(36(41-22-40-29)42-28-10-6-9-27(38)35(28)39)20-32(31)48-18-17-47-16-4-2-3-7-23-12-14-25(15-13-23)49-30-11-5-8-24-19-33(44)43-37(45)34(24)30/h5-6,8-15,20-22H,2-4,7,16-19H2,1H3,(H,40,41,42)(H,43,44,45). The van der Waals surface area contributed by atoms with Gasteiger partial charge in [-0.1, -0.05) is 48.4 Å². The Morgan fingerprint density at radius 3 is 2.57 bits per heavy atom. The Hall–Kier alpha value is -5.26. The Morgan fingerprint density at radius 2 is 1.73 bits per heavy atom. The zero-order chi connectivity index (χ0) is 34.2. The summed E-state index contributed by atoms with van der Waals surface area (Å²) in [6.45, 7) is 1.32. The van der Waals surface area contributed by atoms with Crippen LogP contribution in [0.2, 0.25) is 5.02 Å². The van der Waals surface area contributed by atoms with Gasteiger partial charge in [0.2, 0.25) is 5.91 Å². The van der Waals surface area contributed by atoms with Crippen molar-refractivity contribution in [3.63, 3.8) is 0 Å². The molecule has 10 nitrogen and oxygen atoms in total. The minimum absolute atomic E-state index is 0.00769. The molecule has 0 atom stereocenters. The van der Waals surface area contributed by atoms with Crippen LogP contribution < -0.4 is 24.8 Å². The van der Waals surface area contributed by atoms with Crippen molar-refractivity contribution in [1.29, 1.82) is 0 Å². The van der Waals surface area contributed by atoms with E-state index >= 15 is 0 Å². The minimum atomic E-state index is -0.570. The van der Waals surface area contributed by atoms with Gasteiger partial charge in [0.1, 0.15) is 30.3 Å². The van der Waals surface area contributed by atoms with E-state index in [4.69, 9.17) is 30.5 Å². The van der Waals surface area contributed by atoms with Crippen LogP contribution in [0.25, 0.3) is 10.9 Å². The summed E-state index contributed by atoms with van der Waals surface area (Å²) in [5, 5.41) is 5.98. The third kappa shape index (κ3) is 8.25. The molecule has 252 valence electrons. The molecule has 1 aliphatic rings. The Labute approximate surface area is 287 Å². The molecule has 0 saturated heterocycles. The molecule has 0 saturated carbocycles. The van der Waals surface area contributed by atoms with E-state index in [2.05, 4.69) is 20.6 Å². The van der Waals surface area contributed by atoms with Gasteiger partial charge in [-0.25, -0.2) is 14.4 Å². The highest BCUT2D eigenvalue weighted by Gasteiger charge is 2.26. The summed E-state index contributed by atoms with van der Waals surface area (Å²) in [6.07, 6.45) is 5.39. The highest BCUT2D eigenvalue weighted by Crippen LogP contribution is 2.36. The summed E-state index contributed by atoms with van der Waals surface area (Å²) in [7, 11) is 1.55. The van der Waals surface area contributed by atoms with E-state index in [1.807, 2.05) is 24.3 Å². The van der Waals surface area contributed by atoms with E-state index < -0.39 is 11.7 Å². The number of fused-ring (bicyclic) bond motifs is 2. The number of carbonyl (C=O) groups excluding carboxylic acids is 2. The third-order valence-corrected chi connectivity index (χ3v) is 8.25. The van der Waals surface area contributed by atoms with Gasteiger partial charge in [-0.3, -0.25) is 14.9 Å². The monoisotopic (exact) mass is 684 g/mol. The smallest absolute Gasteiger partial charge is 0.261 e. The number of carbonyl (C=O) groups is 2. The van der Waals surface area contributed by atoms with Crippen LogP contribution in [-0.4, -0.2) is 48.7 Å². The van der Waals surface area contributed by atoms with Gasteiger partial charge in [0.25, 0.3) is 5.91 Å². The normalized spacial score (nSPS) is 12.4. The van der Waals surface area contributed by atoms with Crippen LogP contribution in [0.3, 0.4) is 0 Å². The van der Waals surface area contributed by atoms with Crippen molar-refractivity contribution < 1.29 is 32.9 Å². The number of unbranched alkanes of at least 4 members (excludes halogenated alkanes) is 2. The molecule has 49 heavy (non-hydrogen) atoms. The van der Waals surface area contributed by atoms with Crippen molar-refractivity contribution in [2.75, 3.05) is 32.2 Å². The number of halogens is 2. The number of methoxy groups -OCH3 is 1. The van der Waals surface area contributed by atoms with Gasteiger partial charge >= 0.3 is 0 Å². The number of nitrogens with one attached hydrogen (secondary N) is 2. The van der Waals surface area contributed by atoms with E-state index in [0.29, 0.717) is 70.7 Å². The predicted octanol–water partition coefficient (Wildman–Crippen LogP) is 7.59. The summed E-state index contributed by atoms with van der Waals surface area (Å²) in [5.74, 6) is 1.14. The molecular weight excluding hydrogens is 651 g/mol. The summed E-state index contributed by atoms with van der Waals surface area (Å²) in [4.78, 5) is 32.7. The van der Waals surface area contributed by atoms with E-state index in [1.54, 1.807) is 49.6 Å². The molecule has 0 bridgehead atoms. The number of hydrogen-bond donors (Lipinski definition) is 2. The molecule has 0 aliphatic carbocycles. The molecule has 4 aromatic carbocycles. The number of anilines is 2. The number of ether oxygens (including phenoxy) is 4.